The fourth-order valence-electron chi connectivity index (χ4n) is 3.41. The fraction of sp³-hybridized carbons (Fsp3) is 0.389. The van der Waals surface area contributed by atoms with E-state index in [2.05, 4.69) is 4.98 Å². The highest BCUT2D eigenvalue weighted by molar-refractivity contribution is 5.88. The number of carbonyl (C=O) groups is 2. The number of aryl methyl sites for hydroxylation is 2. The normalized spacial score (nSPS) is 17.7. The Morgan fingerprint density at radius 2 is 2.04 bits per heavy atom. The van der Waals surface area contributed by atoms with E-state index in [0.717, 1.165) is 34.1 Å². The van der Waals surface area contributed by atoms with Crippen molar-refractivity contribution in [3.05, 3.63) is 41.1 Å². The molecule has 0 bridgehead atoms. The molecule has 1 aromatic carbocycles. The minimum atomic E-state index is -0.916. The number of carboxylic acids is 1. The molecule has 1 aliphatic rings. The molecular formula is C18H20N2O3. The molecule has 0 spiro atoms. The third-order valence-corrected chi connectivity index (χ3v) is 4.67. The van der Waals surface area contributed by atoms with Crippen LogP contribution in [0.4, 0.5) is 0 Å². The molecule has 3 rings (SSSR count). The van der Waals surface area contributed by atoms with E-state index in [-0.39, 0.29) is 12.3 Å². The van der Waals surface area contributed by atoms with Crippen molar-refractivity contribution in [1.29, 1.82) is 0 Å². The Morgan fingerprint density at radius 3 is 2.78 bits per heavy atom. The van der Waals surface area contributed by atoms with E-state index in [1.54, 1.807) is 0 Å². The second-order valence-corrected chi connectivity index (χ2v) is 6.08. The van der Waals surface area contributed by atoms with Crippen LogP contribution in [0.25, 0.3) is 10.9 Å². The van der Waals surface area contributed by atoms with Crippen LogP contribution in [0, 0.1) is 13.8 Å². The maximum Gasteiger partial charge on any atom is 0.326 e. The molecule has 1 aromatic heterocycles. The minimum Gasteiger partial charge on any atom is -0.480 e. The molecule has 1 amide bonds. The van der Waals surface area contributed by atoms with Crippen molar-refractivity contribution in [1.82, 2.24) is 9.88 Å². The molecule has 5 heteroatoms. The molecule has 0 radical (unpaired) electrons. The van der Waals surface area contributed by atoms with E-state index in [4.69, 9.17) is 0 Å². The van der Waals surface area contributed by atoms with Gasteiger partial charge in [0.2, 0.25) is 5.91 Å². The SMILES string of the molecule is Cc1nc2ccccc2c(C)c1CC(=O)N1CCC[C@H]1C(=O)O. The number of likely N-dealkylation sites (tertiary alicyclic amines) is 1. The second-order valence-electron chi connectivity index (χ2n) is 6.08. The van der Waals surface area contributed by atoms with Gasteiger partial charge in [0.25, 0.3) is 0 Å². The van der Waals surface area contributed by atoms with E-state index < -0.39 is 12.0 Å². The summed E-state index contributed by atoms with van der Waals surface area (Å²) >= 11 is 0. The van der Waals surface area contributed by atoms with Crippen LogP contribution in [0.3, 0.4) is 0 Å². The Bertz CT molecular complexity index is 785. The Hall–Kier alpha value is -2.43. The number of aromatic nitrogens is 1. The first-order valence-corrected chi connectivity index (χ1v) is 7.86. The molecule has 0 saturated carbocycles. The van der Waals surface area contributed by atoms with Crippen LogP contribution in [0.5, 0.6) is 0 Å². The van der Waals surface area contributed by atoms with Crippen molar-refractivity contribution in [2.24, 2.45) is 0 Å². The van der Waals surface area contributed by atoms with Crippen LogP contribution < -0.4 is 0 Å². The molecule has 23 heavy (non-hydrogen) atoms. The summed E-state index contributed by atoms with van der Waals surface area (Å²) in [5, 5.41) is 10.3. The number of fused-ring (bicyclic) bond motifs is 1. The van der Waals surface area contributed by atoms with Gasteiger partial charge in [-0.3, -0.25) is 9.78 Å². The summed E-state index contributed by atoms with van der Waals surface area (Å²) in [4.78, 5) is 30.0. The Labute approximate surface area is 134 Å². The predicted octanol–water partition coefficient (Wildman–Crippen LogP) is 2.47. The average molecular weight is 312 g/mol. The molecule has 0 unspecified atom stereocenters. The van der Waals surface area contributed by atoms with Gasteiger partial charge in [0.05, 0.1) is 11.9 Å². The first-order valence-electron chi connectivity index (χ1n) is 7.86. The summed E-state index contributed by atoms with van der Waals surface area (Å²) in [5.74, 6) is -1.04. The molecule has 2 heterocycles. The molecular weight excluding hydrogens is 292 g/mol. The fourth-order valence-corrected chi connectivity index (χ4v) is 3.41. The Morgan fingerprint density at radius 1 is 1.30 bits per heavy atom. The lowest BCUT2D eigenvalue weighted by Gasteiger charge is -2.22. The third-order valence-electron chi connectivity index (χ3n) is 4.67. The van der Waals surface area contributed by atoms with Crippen molar-refractivity contribution in [3.8, 4) is 0 Å². The number of benzene rings is 1. The number of carboxylic acid groups (broad SMARTS) is 1. The largest absolute Gasteiger partial charge is 0.480 e. The highest BCUT2D eigenvalue weighted by Gasteiger charge is 2.34. The van der Waals surface area contributed by atoms with Gasteiger partial charge < -0.3 is 10.0 Å². The molecule has 1 N–H and O–H groups in total. The minimum absolute atomic E-state index is 0.127. The zero-order chi connectivity index (χ0) is 16.6. The summed E-state index contributed by atoms with van der Waals surface area (Å²) in [5.41, 5.74) is 3.71. The standard InChI is InChI=1S/C18H20N2O3/c1-11-13-6-3-4-7-15(13)19-12(2)14(11)10-17(21)20-9-5-8-16(20)18(22)23/h3-4,6-7,16H,5,8-10H2,1-2H3,(H,22,23)/t16-/m0/s1. The van der Waals surface area contributed by atoms with Crippen molar-refractivity contribution in [3.63, 3.8) is 0 Å². The van der Waals surface area contributed by atoms with Gasteiger partial charge in [0, 0.05) is 17.6 Å². The molecule has 0 aliphatic carbocycles. The summed E-state index contributed by atoms with van der Waals surface area (Å²) < 4.78 is 0. The van der Waals surface area contributed by atoms with Gasteiger partial charge in [-0.1, -0.05) is 18.2 Å². The smallest absolute Gasteiger partial charge is 0.326 e. The molecule has 1 atom stereocenters. The number of amides is 1. The summed E-state index contributed by atoms with van der Waals surface area (Å²) in [7, 11) is 0. The lowest BCUT2D eigenvalue weighted by molar-refractivity contribution is -0.148. The zero-order valence-electron chi connectivity index (χ0n) is 13.4. The first kappa shape index (κ1) is 15.5. The van der Waals surface area contributed by atoms with Gasteiger partial charge in [-0.05, 0) is 43.9 Å². The van der Waals surface area contributed by atoms with E-state index in [0.29, 0.717) is 13.0 Å². The maximum atomic E-state index is 12.6. The predicted molar refractivity (Wildman–Crippen MR) is 87.3 cm³/mol. The van der Waals surface area contributed by atoms with E-state index in [1.165, 1.54) is 4.90 Å². The number of para-hydroxylation sites is 1. The van der Waals surface area contributed by atoms with Gasteiger partial charge in [-0.15, -0.1) is 0 Å². The average Bonchev–Trinajstić information content (AvgIpc) is 3.01. The maximum absolute atomic E-state index is 12.6. The Kier molecular flexibility index (Phi) is 4.03. The number of hydrogen-bond donors (Lipinski definition) is 1. The molecule has 120 valence electrons. The lowest BCUT2D eigenvalue weighted by atomic mass is 9.99. The van der Waals surface area contributed by atoms with Gasteiger partial charge in [-0.2, -0.15) is 0 Å². The number of rotatable bonds is 3. The van der Waals surface area contributed by atoms with Gasteiger partial charge in [0.15, 0.2) is 0 Å². The third kappa shape index (κ3) is 2.79. The van der Waals surface area contributed by atoms with Crippen molar-refractivity contribution in [2.45, 2.75) is 39.2 Å². The van der Waals surface area contributed by atoms with Gasteiger partial charge in [0.1, 0.15) is 6.04 Å². The molecule has 1 aliphatic heterocycles. The quantitative estimate of drug-likeness (QED) is 0.945. The summed E-state index contributed by atoms with van der Waals surface area (Å²) in [6.45, 7) is 4.42. The van der Waals surface area contributed by atoms with Crippen LogP contribution in [0.1, 0.15) is 29.7 Å². The van der Waals surface area contributed by atoms with Crippen LogP contribution in [0.2, 0.25) is 0 Å². The molecule has 2 aromatic rings. The first-order chi connectivity index (χ1) is 11.0. The Balaban J connectivity index is 1.92. The lowest BCUT2D eigenvalue weighted by Crippen LogP contribution is -2.41. The number of aliphatic carboxylic acids is 1. The van der Waals surface area contributed by atoms with Gasteiger partial charge in [-0.25, -0.2) is 4.79 Å². The number of pyridine rings is 1. The van der Waals surface area contributed by atoms with Crippen LogP contribution in [-0.2, 0) is 16.0 Å². The van der Waals surface area contributed by atoms with Crippen molar-refractivity contribution in [2.75, 3.05) is 6.54 Å². The van der Waals surface area contributed by atoms with Crippen LogP contribution in [-0.4, -0.2) is 39.5 Å². The molecule has 5 nitrogen and oxygen atoms in total. The zero-order valence-corrected chi connectivity index (χ0v) is 13.4. The van der Waals surface area contributed by atoms with Crippen LogP contribution in [0.15, 0.2) is 24.3 Å². The highest BCUT2D eigenvalue weighted by atomic mass is 16.4. The number of hydrogen-bond acceptors (Lipinski definition) is 3. The van der Waals surface area contributed by atoms with Crippen molar-refractivity contribution >= 4 is 22.8 Å². The number of nitrogens with zero attached hydrogens (tertiary/aromatic N) is 2. The van der Waals surface area contributed by atoms with Gasteiger partial charge >= 0.3 is 5.97 Å². The monoisotopic (exact) mass is 312 g/mol. The van der Waals surface area contributed by atoms with Crippen LogP contribution >= 0.6 is 0 Å². The van der Waals surface area contributed by atoms with Crippen molar-refractivity contribution < 1.29 is 14.7 Å². The van der Waals surface area contributed by atoms with E-state index in [1.807, 2.05) is 38.1 Å². The highest BCUT2D eigenvalue weighted by Crippen LogP contribution is 2.25. The number of carbonyl (C=O) groups excluding carboxylic acids is 1. The van der Waals surface area contributed by atoms with E-state index >= 15 is 0 Å². The molecule has 1 fully saturated rings. The summed E-state index contributed by atoms with van der Waals surface area (Å²) in [6, 6.07) is 7.18. The topological polar surface area (TPSA) is 70.5 Å². The second kappa shape index (κ2) is 5.99. The summed E-state index contributed by atoms with van der Waals surface area (Å²) in [6.07, 6.45) is 1.49. The molecule has 1 saturated heterocycles. The van der Waals surface area contributed by atoms with E-state index in [9.17, 15) is 14.7 Å².